The van der Waals surface area contributed by atoms with Crippen molar-refractivity contribution < 1.29 is 4.74 Å². The van der Waals surface area contributed by atoms with Gasteiger partial charge in [0.15, 0.2) is 4.34 Å². The van der Waals surface area contributed by atoms with Crippen molar-refractivity contribution in [2.75, 3.05) is 18.5 Å². The Balaban J connectivity index is 1.48. The van der Waals surface area contributed by atoms with Crippen LogP contribution in [-0.4, -0.2) is 39.4 Å². The normalized spacial score (nSPS) is 17.5. The molecule has 0 saturated carbocycles. The topological polar surface area (TPSA) is 72.8 Å². The van der Waals surface area contributed by atoms with Crippen LogP contribution in [0.2, 0.25) is 0 Å². The zero-order valence-corrected chi connectivity index (χ0v) is 15.8. The van der Waals surface area contributed by atoms with E-state index in [9.17, 15) is 0 Å². The second-order valence-electron chi connectivity index (χ2n) is 5.33. The van der Waals surface area contributed by atoms with E-state index in [1.807, 2.05) is 18.2 Å². The van der Waals surface area contributed by atoms with Gasteiger partial charge >= 0.3 is 0 Å². The molecule has 1 aromatic carbocycles. The molecule has 6 nitrogen and oxygen atoms in total. The van der Waals surface area contributed by atoms with Crippen molar-refractivity contribution in [3.8, 4) is 0 Å². The summed E-state index contributed by atoms with van der Waals surface area (Å²) >= 11 is 6.53. The maximum atomic E-state index is 5.60. The number of rotatable bonds is 5. The molecular formula is C15H14BrN5OS2. The highest BCUT2D eigenvalue weighted by molar-refractivity contribution is 9.10. The first-order valence-electron chi connectivity index (χ1n) is 7.55. The van der Waals surface area contributed by atoms with Crippen LogP contribution in [0.15, 0.2) is 38.4 Å². The van der Waals surface area contributed by atoms with E-state index in [1.165, 1.54) is 23.1 Å². The molecule has 2 aromatic heterocycles. The molecule has 1 N–H and O–H groups in total. The van der Waals surface area contributed by atoms with Gasteiger partial charge in [-0.1, -0.05) is 27.3 Å². The molecule has 124 valence electrons. The first-order valence-corrected chi connectivity index (χ1v) is 9.97. The molecule has 1 atom stereocenters. The lowest BCUT2D eigenvalue weighted by atomic mass is 10.2. The van der Waals surface area contributed by atoms with Crippen LogP contribution in [0.25, 0.3) is 10.9 Å². The van der Waals surface area contributed by atoms with Gasteiger partial charge in [-0.3, -0.25) is 0 Å². The summed E-state index contributed by atoms with van der Waals surface area (Å²) < 4.78 is 7.46. The molecular weight excluding hydrogens is 410 g/mol. The Bertz CT molecular complexity index is 853. The first kappa shape index (κ1) is 16.2. The molecule has 4 rings (SSSR count). The Labute approximate surface area is 155 Å². The van der Waals surface area contributed by atoms with Crippen molar-refractivity contribution in [2.45, 2.75) is 28.3 Å². The number of fused-ring (bicyclic) bond motifs is 1. The molecule has 1 fully saturated rings. The molecule has 0 aliphatic carbocycles. The van der Waals surface area contributed by atoms with Crippen LogP contribution < -0.4 is 5.32 Å². The molecule has 1 saturated heterocycles. The lowest BCUT2D eigenvalue weighted by Gasteiger charge is -2.08. The van der Waals surface area contributed by atoms with Gasteiger partial charge in [0.05, 0.1) is 11.6 Å². The molecule has 3 heterocycles. The third-order valence-electron chi connectivity index (χ3n) is 3.66. The van der Waals surface area contributed by atoms with Gasteiger partial charge in [-0.15, -0.1) is 10.2 Å². The minimum atomic E-state index is 0.285. The third-order valence-corrected chi connectivity index (χ3v) is 6.10. The van der Waals surface area contributed by atoms with E-state index in [2.05, 4.69) is 41.4 Å². The highest BCUT2D eigenvalue weighted by Crippen LogP contribution is 2.35. The largest absolute Gasteiger partial charge is 0.376 e. The van der Waals surface area contributed by atoms with Gasteiger partial charge in [-0.05, 0) is 42.8 Å². The SMILES string of the molecule is Brc1ccc2ncnc(Sc3nnc(NCC4CCCO4)s3)c2c1. The Morgan fingerprint density at radius 3 is 3.17 bits per heavy atom. The smallest absolute Gasteiger partial charge is 0.206 e. The summed E-state index contributed by atoms with van der Waals surface area (Å²) in [7, 11) is 0. The summed E-state index contributed by atoms with van der Waals surface area (Å²) in [6.45, 7) is 1.64. The summed E-state index contributed by atoms with van der Waals surface area (Å²) in [5.74, 6) is 0. The van der Waals surface area contributed by atoms with Gasteiger partial charge in [-0.2, -0.15) is 0 Å². The van der Waals surface area contributed by atoms with E-state index in [4.69, 9.17) is 4.74 Å². The highest BCUT2D eigenvalue weighted by atomic mass is 79.9. The molecule has 0 radical (unpaired) electrons. The van der Waals surface area contributed by atoms with E-state index < -0.39 is 0 Å². The molecule has 0 spiro atoms. The van der Waals surface area contributed by atoms with Crippen molar-refractivity contribution in [1.29, 1.82) is 0 Å². The molecule has 0 bridgehead atoms. The molecule has 1 aliphatic rings. The monoisotopic (exact) mass is 423 g/mol. The number of hydrogen-bond acceptors (Lipinski definition) is 8. The van der Waals surface area contributed by atoms with Crippen LogP contribution in [-0.2, 0) is 4.74 Å². The van der Waals surface area contributed by atoms with Crippen LogP contribution in [0, 0.1) is 0 Å². The molecule has 9 heteroatoms. The van der Waals surface area contributed by atoms with Crippen molar-refractivity contribution in [1.82, 2.24) is 20.2 Å². The number of hydrogen-bond donors (Lipinski definition) is 1. The van der Waals surface area contributed by atoms with Crippen LogP contribution in [0.1, 0.15) is 12.8 Å². The molecule has 1 aliphatic heterocycles. The number of benzene rings is 1. The van der Waals surface area contributed by atoms with E-state index >= 15 is 0 Å². The highest BCUT2D eigenvalue weighted by Gasteiger charge is 2.16. The summed E-state index contributed by atoms with van der Waals surface area (Å²) in [5, 5.41) is 14.4. The van der Waals surface area contributed by atoms with Crippen molar-refractivity contribution in [3.05, 3.63) is 29.0 Å². The summed E-state index contributed by atoms with van der Waals surface area (Å²) in [6.07, 6.45) is 4.11. The van der Waals surface area contributed by atoms with Gasteiger partial charge in [0.2, 0.25) is 5.13 Å². The van der Waals surface area contributed by atoms with Crippen LogP contribution >= 0.6 is 39.0 Å². The van der Waals surface area contributed by atoms with Crippen LogP contribution in [0.3, 0.4) is 0 Å². The quantitative estimate of drug-likeness (QED) is 0.621. The molecule has 0 amide bonds. The van der Waals surface area contributed by atoms with Crippen LogP contribution in [0.4, 0.5) is 5.13 Å². The Morgan fingerprint density at radius 2 is 2.29 bits per heavy atom. The number of ether oxygens (including phenoxy) is 1. The van der Waals surface area contributed by atoms with Gasteiger partial charge in [-0.25, -0.2) is 9.97 Å². The standard InChI is InChI=1S/C15H14BrN5OS2/c16-9-3-4-12-11(6-9)13(19-8-18-12)23-15-21-20-14(24-15)17-7-10-2-1-5-22-10/h3-4,6,8,10H,1-2,5,7H2,(H,17,20). The second-order valence-corrected chi connectivity index (χ2v) is 8.46. The number of aromatic nitrogens is 4. The van der Waals surface area contributed by atoms with E-state index in [1.54, 1.807) is 6.33 Å². The summed E-state index contributed by atoms with van der Waals surface area (Å²) in [6, 6.07) is 5.97. The second kappa shape index (κ2) is 7.30. The maximum absolute atomic E-state index is 5.60. The van der Waals surface area contributed by atoms with E-state index in [-0.39, 0.29) is 6.10 Å². The van der Waals surface area contributed by atoms with E-state index in [0.29, 0.717) is 0 Å². The van der Waals surface area contributed by atoms with Gasteiger partial charge in [0.25, 0.3) is 0 Å². The molecule has 3 aromatic rings. The fourth-order valence-electron chi connectivity index (χ4n) is 2.50. The maximum Gasteiger partial charge on any atom is 0.206 e. The van der Waals surface area contributed by atoms with E-state index in [0.717, 1.165) is 55.9 Å². The fraction of sp³-hybridized carbons (Fsp3) is 0.333. The molecule has 24 heavy (non-hydrogen) atoms. The Morgan fingerprint density at radius 1 is 1.33 bits per heavy atom. The summed E-state index contributed by atoms with van der Waals surface area (Å²) in [5.41, 5.74) is 0.914. The van der Waals surface area contributed by atoms with Crippen molar-refractivity contribution in [2.24, 2.45) is 0 Å². The number of nitrogens with zero attached hydrogens (tertiary/aromatic N) is 4. The minimum absolute atomic E-state index is 0.285. The number of halogens is 1. The molecule has 1 unspecified atom stereocenters. The Kier molecular flexibility index (Phi) is 4.93. The zero-order chi connectivity index (χ0) is 16.4. The predicted octanol–water partition coefficient (Wildman–Crippen LogP) is 3.99. The van der Waals surface area contributed by atoms with Crippen molar-refractivity contribution in [3.63, 3.8) is 0 Å². The fourth-order valence-corrected chi connectivity index (χ4v) is 4.60. The minimum Gasteiger partial charge on any atom is -0.376 e. The average molecular weight is 424 g/mol. The zero-order valence-electron chi connectivity index (χ0n) is 12.6. The van der Waals surface area contributed by atoms with Gasteiger partial charge in [0, 0.05) is 23.0 Å². The summed E-state index contributed by atoms with van der Waals surface area (Å²) in [4.78, 5) is 8.69. The number of anilines is 1. The average Bonchev–Trinajstić information content (AvgIpc) is 3.25. The lowest BCUT2D eigenvalue weighted by molar-refractivity contribution is 0.120. The van der Waals surface area contributed by atoms with Gasteiger partial charge < -0.3 is 10.1 Å². The first-order chi connectivity index (χ1) is 11.8. The lowest BCUT2D eigenvalue weighted by Crippen LogP contribution is -2.18. The van der Waals surface area contributed by atoms with Gasteiger partial charge in [0.1, 0.15) is 11.4 Å². The number of nitrogens with one attached hydrogen (secondary N) is 1. The predicted molar refractivity (Wildman–Crippen MR) is 98.7 cm³/mol. The third kappa shape index (κ3) is 3.69. The van der Waals surface area contributed by atoms with Crippen LogP contribution in [0.5, 0.6) is 0 Å². The van der Waals surface area contributed by atoms with Crippen molar-refractivity contribution >= 4 is 55.1 Å². The Hall–Kier alpha value is -1.29.